The number of aromatic amines is 1. The summed E-state index contributed by atoms with van der Waals surface area (Å²) in [6.07, 6.45) is 6.95. The van der Waals surface area contributed by atoms with Crippen molar-refractivity contribution in [1.29, 1.82) is 5.26 Å². The molecule has 4 rings (SSSR count). The van der Waals surface area contributed by atoms with Gasteiger partial charge in [-0.15, -0.1) is 0 Å². The third-order valence-electron chi connectivity index (χ3n) is 5.21. The van der Waals surface area contributed by atoms with Crippen molar-refractivity contribution < 1.29 is 9.53 Å². The minimum absolute atomic E-state index is 0.150. The van der Waals surface area contributed by atoms with Gasteiger partial charge in [0.1, 0.15) is 6.10 Å². The molecule has 1 aromatic heterocycles. The van der Waals surface area contributed by atoms with Crippen LogP contribution in [0.15, 0.2) is 18.2 Å². The van der Waals surface area contributed by atoms with E-state index < -0.39 is 0 Å². The summed E-state index contributed by atoms with van der Waals surface area (Å²) < 4.78 is 5.60. The second kappa shape index (κ2) is 5.73. The average Bonchev–Trinajstić information content (AvgIpc) is 3.17. The SMILES string of the molecule is N#C[C@@H]1CCC[C@H]1OC(=O)c1ccc2[nH]c3c(c2c1)CCCC3. The van der Waals surface area contributed by atoms with Crippen molar-refractivity contribution in [2.45, 2.75) is 51.0 Å². The smallest absolute Gasteiger partial charge is 0.338 e. The Bertz CT molecular complexity index is 800. The molecule has 118 valence electrons. The number of carbonyl (C=O) groups is 1. The number of carbonyl (C=O) groups excluding carboxylic acids is 1. The van der Waals surface area contributed by atoms with E-state index in [1.54, 1.807) is 0 Å². The lowest BCUT2D eigenvalue weighted by Crippen LogP contribution is -2.21. The summed E-state index contributed by atoms with van der Waals surface area (Å²) in [5, 5.41) is 10.3. The number of hydrogen-bond donors (Lipinski definition) is 1. The van der Waals surface area contributed by atoms with Crippen LogP contribution in [0.5, 0.6) is 0 Å². The minimum atomic E-state index is -0.301. The summed E-state index contributed by atoms with van der Waals surface area (Å²) in [5.74, 6) is -0.451. The third kappa shape index (κ3) is 2.50. The van der Waals surface area contributed by atoms with Crippen molar-refractivity contribution in [3.05, 3.63) is 35.0 Å². The van der Waals surface area contributed by atoms with Crippen molar-refractivity contribution in [2.75, 3.05) is 0 Å². The lowest BCUT2D eigenvalue weighted by Gasteiger charge is -2.15. The van der Waals surface area contributed by atoms with Gasteiger partial charge in [0.05, 0.1) is 17.6 Å². The molecule has 2 aliphatic rings. The largest absolute Gasteiger partial charge is 0.457 e. The highest BCUT2D eigenvalue weighted by Crippen LogP contribution is 2.31. The monoisotopic (exact) mass is 308 g/mol. The molecule has 2 aromatic rings. The second-order valence-electron chi connectivity index (χ2n) is 6.66. The fourth-order valence-electron chi connectivity index (χ4n) is 3.95. The molecule has 0 saturated heterocycles. The van der Waals surface area contributed by atoms with Gasteiger partial charge in [0.15, 0.2) is 0 Å². The molecule has 4 heteroatoms. The standard InChI is InChI=1S/C19H20N2O2/c20-11-13-4-3-7-18(13)23-19(22)12-8-9-17-15(10-12)14-5-1-2-6-16(14)21-17/h8-10,13,18,21H,1-7H2/t13-,18+/m0/s1. The Kier molecular flexibility index (Phi) is 3.57. The summed E-state index contributed by atoms with van der Waals surface area (Å²) in [6, 6.07) is 8.00. The van der Waals surface area contributed by atoms with Gasteiger partial charge in [-0.3, -0.25) is 0 Å². The number of esters is 1. The van der Waals surface area contributed by atoms with Gasteiger partial charge in [-0.05, 0) is 68.7 Å². The summed E-state index contributed by atoms with van der Waals surface area (Å²) in [5.41, 5.74) is 4.37. The predicted molar refractivity (Wildman–Crippen MR) is 87.1 cm³/mol. The van der Waals surface area contributed by atoms with Gasteiger partial charge in [0, 0.05) is 16.6 Å². The Morgan fingerprint density at radius 2 is 2.09 bits per heavy atom. The first kappa shape index (κ1) is 14.3. The lowest BCUT2D eigenvalue weighted by molar-refractivity contribution is 0.0260. The maximum absolute atomic E-state index is 12.5. The van der Waals surface area contributed by atoms with Crippen LogP contribution in [0.1, 0.15) is 53.7 Å². The summed E-state index contributed by atoms with van der Waals surface area (Å²) in [7, 11) is 0. The molecule has 23 heavy (non-hydrogen) atoms. The van der Waals surface area contributed by atoms with E-state index in [1.165, 1.54) is 24.1 Å². The maximum Gasteiger partial charge on any atom is 0.338 e. The number of ether oxygens (including phenoxy) is 1. The molecule has 0 aliphatic heterocycles. The number of rotatable bonds is 2. The van der Waals surface area contributed by atoms with Crippen LogP contribution in [0.3, 0.4) is 0 Å². The van der Waals surface area contributed by atoms with Crippen molar-refractivity contribution in [3.8, 4) is 6.07 Å². The van der Waals surface area contributed by atoms with Crippen LogP contribution in [0.4, 0.5) is 0 Å². The van der Waals surface area contributed by atoms with Gasteiger partial charge in [0.25, 0.3) is 0 Å². The zero-order valence-corrected chi connectivity index (χ0v) is 13.1. The number of nitrogens with one attached hydrogen (secondary N) is 1. The predicted octanol–water partition coefficient (Wildman–Crippen LogP) is 3.90. The van der Waals surface area contributed by atoms with Crippen molar-refractivity contribution in [2.24, 2.45) is 5.92 Å². The number of nitriles is 1. The van der Waals surface area contributed by atoms with E-state index >= 15 is 0 Å². The molecule has 1 heterocycles. The molecule has 1 fully saturated rings. The molecular formula is C19H20N2O2. The molecule has 0 radical (unpaired) electrons. The normalized spacial score (nSPS) is 23.4. The number of H-pyrrole nitrogens is 1. The van der Waals surface area contributed by atoms with Crippen LogP contribution >= 0.6 is 0 Å². The summed E-state index contributed by atoms with van der Waals surface area (Å²) >= 11 is 0. The molecule has 1 aromatic carbocycles. The minimum Gasteiger partial charge on any atom is -0.457 e. The van der Waals surface area contributed by atoms with E-state index in [4.69, 9.17) is 10.00 Å². The molecule has 0 spiro atoms. The highest BCUT2D eigenvalue weighted by atomic mass is 16.5. The van der Waals surface area contributed by atoms with Crippen LogP contribution in [-0.2, 0) is 17.6 Å². The van der Waals surface area contributed by atoms with Crippen LogP contribution in [0.25, 0.3) is 10.9 Å². The first-order chi connectivity index (χ1) is 11.3. The van der Waals surface area contributed by atoms with E-state index in [2.05, 4.69) is 11.1 Å². The van der Waals surface area contributed by atoms with Gasteiger partial charge in [-0.25, -0.2) is 4.79 Å². The Hall–Kier alpha value is -2.28. The fraction of sp³-hybridized carbons (Fsp3) is 0.474. The van der Waals surface area contributed by atoms with E-state index in [0.29, 0.717) is 5.56 Å². The summed E-state index contributed by atoms with van der Waals surface area (Å²) in [4.78, 5) is 15.9. The Balaban J connectivity index is 1.61. The van der Waals surface area contributed by atoms with E-state index in [9.17, 15) is 4.79 Å². The van der Waals surface area contributed by atoms with E-state index in [0.717, 1.165) is 43.0 Å². The number of fused-ring (bicyclic) bond motifs is 3. The van der Waals surface area contributed by atoms with Gasteiger partial charge in [0.2, 0.25) is 0 Å². The van der Waals surface area contributed by atoms with Crippen LogP contribution < -0.4 is 0 Å². The molecule has 1 saturated carbocycles. The Morgan fingerprint density at radius 3 is 2.96 bits per heavy atom. The third-order valence-corrected chi connectivity index (χ3v) is 5.21. The zero-order valence-electron chi connectivity index (χ0n) is 13.1. The van der Waals surface area contributed by atoms with E-state index in [1.807, 2.05) is 18.2 Å². The maximum atomic E-state index is 12.5. The van der Waals surface area contributed by atoms with Crippen molar-refractivity contribution >= 4 is 16.9 Å². The van der Waals surface area contributed by atoms with Crippen LogP contribution in [0, 0.1) is 17.2 Å². The molecule has 0 bridgehead atoms. The fourth-order valence-corrected chi connectivity index (χ4v) is 3.95. The molecule has 4 nitrogen and oxygen atoms in total. The summed E-state index contributed by atoms with van der Waals surface area (Å²) in [6.45, 7) is 0. The molecule has 2 atom stereocenters. The zero-order chi connectivity index (χ0) is 15.8. The van der Waals surface area contributed by atoms with E-state index in [-0.39, 0.29) is 18.0 Å². The number of benzene rings is 1. The van der Waals surface area contributed by atoms with Crippen molar-refractivity contribution in [3.63, 3.8) is 0 Å². The van der Waals surface area contributed by atoms with Gasteiger partial charge in [-0.2, -0.15) is 5.26 Å². The highest BCUT2D eigenvalue weighted by Gasteiger charge is 2.30. The van der Waals surface area contributed by atoms with Crippen LogP contribution in [-0.4, -0.2) is 17.1 Å². The highest BCUT2D eigenvalue weighted by molar-refractivity contribution is 5.96. The lowest BCUT2D eigenvalue weighted by atomic mass is 9.95. The molecule has 2 aliphatic carbocycles. The number of hydrogen-bond acceptors (Lipinski definition) is 3. The van der Waals surface area contributed by atoms with Gasteiger partial charge >= 0.3 is 5.97 Å². The number of nitrogens with zero attached hydrogens (tertiary/aromatic N) is 1. The average molecular weight is 308 g/mol. The second-order valence-corrected chi connectivity index (χ2v) is 6.66. The van der Waals surface area contributed by atoms with Gasteiger partial charge < -0.3 is 9.72 Å². The van der Waals surface area contributed by atoms with Crippen LogP contribution in [0.2, 0.25) is 0 Å². The first-order valence-corrected chi connectivity index (χ1v) is 8.50. The molecular weight excluding hydrogens is 288 g/mol. The Labute approximate surface area is 135 Å². The number of aromatic nitrogens is 1. The Morgan fingerprint density at radius 1 is 1.22 bits per heavy atom. The topological polar surface area (TPSA) is 65.9 Å². The first-order valence-electron chi connectivity index (χ1n) is 8.50. The quantitative estimate of drug-likeness (QED) is 0.856. The molecule has 0 amide bonds. The number of aryl methyl sites for hydroxylation is 2. The van der Waals surface area contributed by atoms with Gasteiger partial charge in [-0.1, -0.05) is 0 Å². The molecule has 0 unspecified atom stereocenters. The van der Waals surface area contributed by atoms with Crippen molar-refractivity contribution in [1.82, 2.24) is 4.98 Å². The molecule has 1 N–H and O–H groups in total.